The van der Waals surface area contributed by atoms with Gasteiger partial charge in [-0.15, -0.1) is 0 Å². The van der Waals surface area contributed by atoms with Crippen molar-refractivity contribution in [2.24, 2.45) is 46.3 Å². The van der Waals surface area contributed by atoms with Crippen molar-refractivity contribution in [1.29, 1.82) is 0 Å². The third kappa shape index (κ3) is 5.00. The van der Waals surface area contributed by atoms with E-state index in [0.717, 1.165) is 37.0 Å². The molecule has 3 aliphatic carbocycles. The van der Waals surface area contributed by atoms with Crippen LogP contribution in [0.3, 0.4) is 0 Å². The minimum atomic E-state index is -1.01. The Hall–Kier alpha value is -0.610. The summed E-state index contributed by atoms with van der Waals surface area (Å²) in [4.78, 5) is 11.9. The molecule has 3 rings (SSSR count). The topological polar surface area (TPSA) is 66.8 Å². The Bertz CT molecular complexity index is 614. The maximum atomic E-state index is 11.9. The summed E-state index contributed by atoms with van der Waals surface area (Å²) in [5, 5.41) is 19.6. The number of aliphatic hydroxyl groups excluding tert-OH is 2. The van der Waals surface area contributed by atoms with Crippen LogP contribution in [0.2, 0.25) is 0 Å². The van der Waals surface area contributed by atoms with Gasteiger partial charge in [0.1, 0.15) is 0 Å². The number of esters is 1. The van der Waals surface area contributed by atoms with Crippen molar-refractivity contribution in [1.82, 2.24) is 0 Å². The molecule has 0 aliphatic heterocycles. The molecule has 0 aromatic carbocycles. The van der Waals surface area contributed by atoms with Crippen LogP contribution in [0.5, 0.6) is 0 Å². The third-order valence-corrected chi connectivity index (χ3v) is 10.2. The molecule has 180 valence electrons. The van der Waals surface area contributed by atoms with E-state index in [1.165, 1.54) is 45.4 Å². The smallest absolute Gasteiger partial charge is 0.308 e. The third-order valence-electron chi connectivity index (χ3n) is 10.2. The number of aliphatic hydroxyl groups is 2. The average molecular weight is 437 g/mol. The largest absolute Gasteiger partial charge is 0.436 e. The number of carbonyl (C=O) groups excluding carboxylic acids is 1. The summed E-state index contributed by atoms with van der Waals surface area (Å²) in [6.45, 7) is 13.4. The van der Waals surface area contributed by atoms with E-state index < -0.39 is 6.29 Å². The molecule has 3 fully saturated rings. The Morgan fingerprint density at radius 3 is 2.39 bits per heavy atom. The van der Waals surface area contributed by atoms with Gasteiger partial charge in [0, 0.05) is 6.42 Å². The highest BCUT2D eigenvalue weighted by Gasteiger charge is 2.58. The fourth-order valence-corrected chi connectivity index (χ4v) is 8.37. The van der Waals surface area contributed by atoms with Crippen LogP contribution in [0.15, 0.2) is 0 Å². The highest BCUT2D eigenvalue weighted by atomic mass is 16.6. The average Bonchev–Trinajstić information content (AvgIpc) is 3.04. The summed E-state index contributed by atoms with van der Waals surface area (Å²) in [5.41, 5.74) is 0.704. The lowest BCUT2D eigenvalue weighted by molar-refractivity contribution is -0.165. The van der Waals surface area contributed by atoms with Crippen LogP contribution in [0, 0.1) is 46.3 Å². The van der Waals surface area contributed by atoms with Crippen LogP contribution in [0.4, 0.5) is 0 Å². The van der Waals surface area contributed by atoms with Gasteiger partial charge in [-0.05, 0) is 111 Å². The zero-order valence-corrected chi connectivity index (χ0v) is 20.9. The molecule has 0 aromatic rings. The van der Waals surface area contributed by atoms with Gasteiger partial charge in [0.05, 0.1) is 6.10 Å². The van der Waals surface area contributed by atoms with Crippen LogP contribution < -0.4 is 0 Å². The van der Waals surface area contributed by atoms with Crippen LogP contribution in [-0.4, -0.2) is 28.6 Å². The second-order valence-corrected chi connectivity index (χ2v) is 12.1. The highest BCUT2D eigenvalue weighted by molar-refractivity contribution is 5.69. The number of hydrogen-bond acceptors (Lipinski definition) is 4. The van der Waals surface area contributed by atoms with Crippen LogP contribution >= 0.6 is 0 Å². The van der Waals surface area contributed by atoms with Gasteiger partial charge in [0.25, 0.3) is 0 Å². The molecule has 0 radical (unpaired) electrons. The summed E-state index contributed by atoms with van der Waals surface area (Å²) in [7, 11) is 0. The van der Waals surface area contributed by atoms with Crippen molar-refractivity contribution >= 4 is 5.97 Å². The second-order valence-electron chi connectivity index (χ2n) is 12.1. The van der Waals surface area contributed by atoms with Crippen LogP contribution in [-0.2, 0) is 9.53 Å². The van der Waals surface area contributed by atoms with Crippen molar-refractivity contribution in [3.05, 3.63) is 0 Å². The van der Waals surface area contributed by atoms with Gasteiger partial charge >= 0.3 is 5.97 Å². The minimum absolute atomic E-state index is 0.146. The minimum Gasteiger partial charge on any atom is -0.436 e. The Labute approximate surface area is 190 Å². The second kappa shape index (κ2) is 9.71. The summed E-state index contributed by atoms with van der Waals surface area (Å²) < 4.78 is 4.93. The number of rotatable bonds is 8. The first-order chi connectivity index (χ1) is 14.5. The van der Waals surface area contributed by atoms with E-state index in [-0.39, 0.29) is 12.1 Å². The van der Waals surface area contributed by atoms with Crippen molar-refractivity contribution in [3.8, 4) is 0 Å². The summed E-state index contributed by atoms with van der Waals surface area (Å²) in [6.07, 6.45) is 9.78. The standard InChI is InChI=1S/C27H48O4/c1-7-20(29)16-19-9-10-21-23(26(19,4)5)14-15-27(6)22(11-12-24(21)27)17(2)8-13-25(30)31-18(3)28/h17-24,28-29H,7-16H2,1-6H3. The molecule has 0 saturated heterocycles. The van der Waals surface area contributed by atoms with Gasteiger partial charge in [0.2, 0.25) is 0 Å². The van der Waals surface area contributed by atoms with E-state index in [0.29, 0.717) is 35.0 Å². The SMILES string of the molecule is CCC(O)CC1CCC2C(CCC3(C)C(C(C)CCC(=O)OC(C)O)CCC23)C1(C)C. The molecule has 4 heteroatoms. The molecular weight excluding hydrogens is 388 g/mol. The molecule has 0 bridgehead atoms. The zero-order chi connectivity index (χ0) is 23.0. The summed E-state index contributed by atoms with van der Waals surface area (Å²) >= 11 is 0. The Morgan fingerprint density at radius 1 is 1.03 bits per heavy atom. The first-order valence-corrected chi connectivity index (χ1v) is 13.1. The molecule has 0 heterocycles. The number of fused-ring (bicyclic) bond motifs is 3. The van der Waals surface area contributed by atoms with Gasteiger partial charge in [0.15, 0.2) is 6.29 Å². The molecule has 0 amide bonds. The maximum Gasteiger partial charge on any atom is 0.308 e. The molecule has 0 aromatic heterocycles. The van der Waals surface area contributed by atoms with E-state index in [1.54, 1.807) is 0 Å². The molecule has 9 unspecified atom stereocenters. The molecule has 3 aliphatic rings. The van der Waals surface area contributed by atoms with Crippen LogP contribution in [0.25, 0.3) is 0 Å². The summed E-state index contributed by atoms with van der Waals surface area (Å²) in [5.74, 6) is 3.96. The fourth-order valence-electron chi connectivity index (χ4n) is 8.37. The van der Waals surface area contributed by atoms with Gasteiger partial charge in [-0.25, -0.2) is 0 Å². The Morgan fingerprint density at radius 2 is 1.74 bits per heavy atom. The molecule has 4 nitrogen and oxygen atoms in total. The van der Waals surface area contributed by atoms with Crippen molar-refractivity contribution in [2.75, 3.05) is 0 Å². The van der Waals surface area contributed by atoms with E-state index in [1.807, 2.05) is 0 Å². The fraction of sp³-hybridized carbons (Fsp3) is 0.963. The van der Waals surface area contributed by atoms with Gasteiger partial charge in [-0.1, -0.05) is 34.6 Å². The Balaban J connectivity index is 1.66. The van der Waals surface area contributed by atoms with E-state index in [9.17, 15) is 15.0 Å². The van der Waals surface area contributed by atoms with Crippen molar-refractivity contribution in [2.45, 2.75) is 118 Å². The summed E-state index contributed by atoms with van der Waals surface area (Å²) in [6, 6.07) is 0. The normalized spacial score (nSPS) is 39.8. The van der Waals surface area contributed by atoms with E-state index in [4.69, 9.17) is 4.74 Å². The predicted octanol–water partition coefficient (Wildman–Crippen LogP) is 5.94. The lowest BCUT2D eigenvalue weighted by Crippen LogP contribution is -2.51. The predicted molar refractivity (Wildman–Crippen MR) is 124 cm³/mol. The van der Waals surface area contributed by atoms with E-state index >= 15 is 0 Å². The molecule has 31 heavy (non-hydrogen) atoms. The van der Waals surface area contributed by atoms with E-state index in [2.05, 4.69) is 34.6 Å². The van der Waals surface area contributed by atoms with Gasteiger partial charge < -0.3 is 14.9 Å². The van der Waals surface area contributed by atoms with Crippen molar-refractivity contribution < 1.29 is 19.7 Å². The first kappa shape index (κ1) is 25.0. The molecule has 9 atom stereocenters. The van der Waals surface area contributed by atoms with Gasteiger partial charge in [-0.2, -0.15) is 0 Å². The maximum absolute atomic E-state index is 11.9. The number of ether oxygens (including phenoxy) is 1. The lowest BCUT2D eigenvalue weighted by atomic mass is 9.46. The Kier molecular flexibility index (Phi) is 7.84. The molecular formula is C27H48O4. The highest BCUT2D eigenvalue weighted by Crippen LogP contribution is 2.66. The first-order valence-electron chi connectivity index (χ1n) is 13.1. The molecule has 0 spiro atoms. The monoisotopic (exact) mass is 436 g/mol. The zero-order valence-electron chi connectivity index (χ0n) is 20.9. The number of hydrogen-bond donors (Lipinski definition) is 2. The van der Waals surface area contributed by atoms with Crippen LogP contribution in [0.1, 0.15) is 106 Å². The quantitative estimate of drug-likeness (QED) is 0.365. The molecule has 2 N–H and O–H groups in total. The lowest BCUT2D eigenvalue weighted by Gasteiger charge is -2.59. The number of carbonyl (C=O) groups is 1. The van der Waals surface area contributed by atoms with Gasteiger partial charge in [-0.3, -0.25) is 4.79 Å². The molecule has 3 saturated carbocycles. The van der Waals surface area contributed by atoms with Crippen molar-refractivity contribution in [3.63, 3.8) is 0 Å².